The summed E-state index contributed by atoms with van der Waals surface area (Å²) in [5.41, 5.74) is 0.900. The number of amides is 2. The second-order valence-electron chi connectivity index (χ2n) is 7.92. The predicted octanol–water partition coefficient (Wildman–Crippen LogP) is 2.90. The molecule has 36 heavy (non-hydrogen) atoms. The average Bonchev–Trinajstić information content (AvgIpc) is 3.31. The van der Waals surface area contributed by atoms with E-state index in [9.17, 15) is 26.8 Å². The topological polar surface area (TPSA) is 120 Å². The largest absolute Gasteiger partial charge is 0.350 e. The Labute approximate surface area is 214 Å². The minimum absolute atomic E-state index is 0.0801. The van der Waals surface area contributed by atoms with Gasteiger partial charge in [-0.3, -0.25) is 9.59 Å². The number of carbonyl (C=O) groups excluding carboxylic acids is 2. The Morgan fingerprint density at radius 2 is 1.92 bits per heavy atom. The first-order valence-corrected chi connectivity index (χ1v) is 13.2. The zero-order valence-corrected chi connectivity index (χ0v) is 21.1. The Hall–Kier alpha value is -2.97. The van der Waals surface area contributed by atoms with E-state index in [4.69, 9.17) is 11.6 Å². The van der Waals surface area contributed by atoms with Gasteiger partial charge in [-0.15, -0.1) is 11.3 Å². The molecular formula is C22H20ClF2N5O4S2. The van der Waals surface area contributed by atoms with Crippen molar-refractivity contribution in [2.24, 2.45) is 0 Å². The summed E-state index contributed by atoms with van der Waals surface area (Å²) in [6, 6.07) is 6.97. The molecule has 3 aromatic rings. The lowest BCUT2D eigenvalue weighted by atomic mass is 10.1. The van der Waals surface area contributed by atoms with Crippen LogP contribution < -0.4 is 15.4 Å². The molecule has 14 heteroatoms. The van der Waals surface area contributed by atoms with Crippen molar-refractivity contribution in [3.63, 3.8) is 0 Å². The smallest absolute Gasteiger partial charge is 0.280 e. The van der Waals surface area contributed by atoms with Crippen LogP contribution in [0.3, 0.4) is 0 Å². The molecule has 4 rings (SSSR count). The summed E-state index contributed by atoms with van der Waals surface area (Å²) in [7, 11) is -2.93. The van der Waals surface area contributed by atoms with Crippen LogP contribution >= 0.6 is 22.9 Å². The molecule has 1 fully saturated rings. The molecule has 1 saturated heterocycles. The maximum Gasteiger partial charge on any atom is 0.280 e. The number of hydrogen-bond acceptors (Lipinski definition) is 6. The minimum Gasteiger partial charge on any atom is -0.350 e. The molecule has 0 bridgehead atoms. The summed E-state index contributed by atoms with van der Waals surface area (Å²) in [5.74, 6) is -2.35. The number of nitrogens with one attached hydrogen (secondary N) is 3. The van der Waals surface area contributed by atoms with Crippen molar-refractivity contribution in [2.75, 3.05) is 12.4 Å². The van der Waals surface area contributed by atoms with E-state index >= 15 is 0 Å². The number of anilines is 1. The van der Waals surface area contributed by atoms with Gasteiger partial charge in [0.05, 0.1) is 11.6 Å². The molecule has 0 radical (unpaired) electrons. The fraction of sp³-hybridized carbons (Fsp3) is 0.227. The highest BCUT2D eigenvalue weighted by Crippen LogP contribution is 2.26. The number of thiazole rings is 1. The summed E-state index contributed by atoms with van der Waals surface area (Å²) in [5, 5.41) is 5.58. The lowest BCUT2D eigenvalue weighted by molar-refractivity contribution is -0.124. The Morgan fingerprint density at radius 1 is 1.19 bits per heavy atom. The van der Waals surface area contributed by atoms with Gasteiger partial charge in [0.25, 0.3) is 10.2 Å². The van der Waals surface area contributed by atoms with Crippen LogP contribution in [0.5, 0.6) is 0 Å². The second kappa shape index (κ2) is 10.6. The van der Waals surface area contributed by atoms with Crippen LogP contribution in [0.1, 0.15) is 11.3 Å². The summed E-state index contributed by atoms with van der Waals surface area (Å²) < 4.78 is 54.8. The van der Waals surface area contributed by atoms with E-state index in [1.165, 1.54) is 42.6 Å². The van der Waals surface area contributed by atoms with E-state index in [-0.39, 0.29) is 29.5 Å². The van der Waals surface area contributed by atoms with Crippen molar-refractivity contribution in [1.29, 1.82) is 0 Å². The van der Waals surface area contributed by atoms with Crippen LogP contribution in [0.4, 0.5) is 14.5 Å². The van der Waals surface area contributed by atoms with Crippen molar-refractivity contribution < 1.29 is 26.8 Å². The molecule has 0 aliphatic carbocycles. The summed E-state index contributed by atoms with van der Waals surface area (Å²) in [6.45, 7) is 0.0801. The first-order valence-electron chi connectivity index (χ1n) is 10.5. The van der Waals surface area contributed by atoms with Gasteiger partial charge < -0.3 is 10.6 Å². The fourth-order valence-corrected chi connectivity index (χ4v) is 5.78. The fourth-order valence-electron chi connectivity index (χ4n) is 3.49. The number of aromatic nitrogens is 1. The lowest BCUT2D eigenvalue weighted by Crippen LogP contribution is -2.62. The van der Waals surface area contributed by atoms with Crippen LogP contribution in [0.25, 0.3) is 10.6 Å². The third-order valence-electron chi connectivity index (χ3n) is 5.46. The standard InChI is InChI=1S/C22H20ClF2N5O4S2/c1-30-19(21(32)28-14-6-7-17(25)16(23)8-14)9-18(29-36(30,33)34)20(31)26-10-15-11-27-22(35-15)12-2-4-13(24)5-3-12/h2-8,11,18-19,29H,9-10H2,1H3,(H,26,31)(H,28,32). The van der Waals surface area contributed by atoms with E-state index in [1.54, 1.807) is 18.3 Å². The third kappa shape index (κ3) is 5.87. The SMILES string of the molecule is CN1C(C(=O)Nc2ccc(F)c(Cl)c2)CC(C(=O)NCc2cnc(-c3ccc(F)cc3)s2)NS1(=O)=O. The quantitative estimate of drug-likeness (QED) is 0.432. The summed E-state index contributed by atoms with van der Waals surface area (Å²) in [6.07, 6.45) is 1.42. The maximum atomic E-state index is 13.4. The van der Waals surface area contributed by atoms with Gasteiger partial charge >= 0.3 is 0 Å². The first-order chi connectivity index (χ1) is 17.0. The molecule has 2 amide bonds. The molecule has 1 aromatic heterocycles. The Morgan fingerprint density at radius 3 is 2.61 bits per heavy atom. The molecule has 190 valence electrons. The summed E-state index contributed by atoms with van der Waals surface area (Å²) in [4.78, 5) is 30.6. The lowest BCUT2D eigenvalue weighted by Gasteiger charge is -2.35. The van der Waals surface area contributed by atoms with Gasteiger partial charge in [-0.05, 0) is 48.9 Å². The molecule has 0 saturated carbocycles. The summed E-state index contributed by atoms with van der Waals surface area (Å²) >= 11 is 7.03. The van der Waals surface area contributed by atoms with Gasteiger partial charge in [0, 0.05) is 29.4 Å². The molecule has 2 aromatic carbocycles. The molecule has 2 atom stereocenters. The predicted molar refractivity (Wildman–Crippen MR) is 131 cm³/mol. The van der Waals surface area contributed by atoms with E-state index in [2.05, 4.69) is 20.3 Å². The molecule has 0 spiro atoms. The minimum atomic E-state index is -4.14. The van der Waals surface area contributed by atoms with Gasteiger partial charge in [-0.25, -0.2) is 13.8 Å². The average molecular weight is 556 g/mol. The van der Waals surface area contributed by atoms with E-state index in [0.717, 1.165) is 15.9 Å². The van der Waals surface area contributed by atoms with Gasteiger partial charge in [-0.2, -0.15) is 17.4 Å². The van der Waals surface area contributed by atoms with E-state index in [0.29, 0.717) is 9.88 Å². The molecule has 1 aliphatic heterocycles. The van der Waals surface area contributed by atoms with Gasteiger partial charge in [-0.1, -0.05) is 11.6 Å². The number of rotatable bonds is 6. The van der Waals surface area contributed by atoms with Crippen molar-refractivity contribution in [3.8, 4) is 10.6 Å². The second-order valence-corrected chi connectivity index (χ2v) is 11.2. The number of hydrogen-bond donors (Lipinski definition) is 3. The van der Waals surface area contributed by atoms with Crippen molar-refractivity contribution in [1.82, 2.24) is 19.3 Å². The molecule has 2 heterocycles. The first kappa shape index (κ1) is 26.1. The zero-order chi connectivity index (χ0) is 26.0. The van der Waals surface area contributed by atoms with Crippen LogP contribution in [0, 0.1) is 11.6 Å². The van der Waals surface area contributed by atoms with Crippen LogP contribution in [-0.4, -0.2) is 48.7 Å². The molecular weight excluding hydrogens is 536 g/mol. The molecule has 3 N–H and O–H groups in total. The van der Waals surface area contributed by atoms with E-state index in [1.807, 2.05) is 0 Å². The molecule has 2 unspecified atom stereocenters. The molecule has 1 aliphatic rings. The normalized spacial score (nSPS) is 19.6. The van der Waals surface area contributed by atoms with E-state index < -0.39 is 39.9 Å². The van der Waals surface area contributed by atoms with Crippen molar-refractivity contribution in [2.45, 2.75) is 25.0 Å². The van der Waals surface area contributed by atoms with Gasteiger partial charge in [0.1, 0.15) is 28.7 Å². The van der Waals surface area contributed by atoms with Crippen molar-refractivity contribution >= 4 is 50.6 Å². The number of nitrogens with zero attached hydrogens (tertiary/aromatic N) is 2. The maximum absolute atomic E-state index is 13.4. The monoisotopic (exact) mass is 555 g/mol. The number of benzene rings is 2. The zero-order valence-electron chi connectivity index (χ0n) is 18.7. The van der Waals surface area contributed by atoms with Crippen molar-refractivity contribution in [3.05, 3.63) is 70.2 Å². The Bertz CT molecular complexity index is 1400. The number of carbonyl (C=O) groups is 2. The van der Waals surface area contributed by atoms with Crippen LogP contribution in [0.15, 0.2) is 48.7 Å². The van der Waals surface area contributed by atoms with Crippen LogP contribution in [0.2, 0.25) is 5.02 Å². The number of halogens is 3. The van der Waals surface area contributed by atoms with Gasteiger partial charge in [0.2, 0.25) is 11.8 Å². The Balaban J connectivity index is 1.41. The Kier molecular flexibility index (Phi) is 7.66. The number of likely N-dealkylation sites (N-methyl/N-ethyl adjacent to an activating group) is 1. The third-order valence-corrected chi connectivity index (χ3v) is 8.39. The highest BCUT2D eigenvalue weighted by molar-refractivity contribution is 7.87. The van der Waals surface area contributed by atoms with Gasteiger partial charge in [0.15, 0.2) is 0 Å². The van der Waals surface area contributed by atoms with Crippen LogP contribution in [-0.2, 0) is 26.3 Å². The highest BCUT2D eigenvalue weighted by atomic mass is 35.5. The highest BCUT2D eigenvalue weighted by Gasteiger charge is 2.42. The molecule has 9 nitrogen and oxygen atoms in total.